The van der Waals surface area contributed by atoms with E-state index in [0.29, 0.717) is 11.9 Å². The molecule has 0 saturated carbocycles. The van der Waals surface area contributed by atoms with Crippen LogP contribution in [0, 0.1) is 0 Å². The Balaban J connectivity index is 2.19. The van der Waals surface area contributed by atoms with Gasteiger partial charge in [-0.25, -0.2) is 0 Å². The van der Waals surface area contributed by atoms with Gasteiger partial charge in [-0.1, -0.05) is 6.08 Å². The highest BCUT2D eigenvalue weighted by Gasteiger charge is 2.35. The van der Waals surface area contributed by atoms with Gasteiger partial charge in [0.05, 0.1) is 0 Å². The lowest BCUT2D eigenvalue weighted by Gasteiger charge is -2.28. The largest absolute Gasteiger partial charge is 0.336 e. The fraction of sp³-hybridized carbons (Fsp3) is 0.700. The van der Waals surface area contributed by atoms with Crippen molar-refractivity contribution >= 4 is 5.91 Å². The smallest absolute Gasteiger partial charge is 0.249 e. The Kier molecular flexibility index (Phi) is 1.91. The molecular formula is C10H15NO. The van der Waals surface area contributed by atoms with Gasteiger partial charge in [-0.3, -0.25) is 4.79 Å². The Morgan fingerprint density at radius 1 is 1.50 bits per heavy atom. The average molecular weight is 165 g/mol. The number of nitrogens with zero attached hydrogens (tertiary/aromatic N) is 1. The molecule has 0 N–H and O–H groups in total. The lowest BCUT2D eigenvalue weighted by molar-refractivity contribution is -0.127. The van der Waals surface area contributed by atoms with Gasteiger partial charge in [-0.15, -0.1) is 0 Å². The minimum atomic E-state index is 0.294. The third-order valence-electron chi connectivity index (χ3n) is 2.97. The second-order valence-electron chi connectivity index (χ2n) is 3.67. The fourth-order valence-electron chi connectivity index (χ4n) is 2.25. The summed E-state index contributed by atoms with van der Waals surface area (Å²) in [7, 11) is 0. The zero-order chi connectivity index (χ0) is 8.55. The molecule has 2 saturated heterocycles. The van der Waals surface area contributed by atoms with Gasteiger partial charge < -0.3 is 4.90 Å². The molecule has 0 aromatic rings. The molecule has 66 valence electrons. The second-order valence-corrected chi connectivity index (χ2v) is 3.67. The number of carbonyl (C=O) groups is 1. The van der Waals surface area contributed by atoms with Crippen LogP contribution in [-0.4, -0.2) is 23.4 Å². The number of hydrogen-bond donors (Lipinski definition) is 0. The van der Waals surface area contributed by atoms with Crippen LogP contribution >= 0.6 is 0 Å². The molecule has 0 aromatic heterocycles. The van der Waals surface area contributed by atoms with Crippen molar-refractivity contribution in [3.63, 3.8) is 0 Å². The lowest BCUT2D eigenvalue weighted by Crippen LogP contribution is -2.37. The van der Waals surface area contributed by atoms with Crippen molar-refractivity contribution in [3.05, 3.63) is 11.6 Å². The first-order valence-electron chi connectivity index (χ1n) is 4.79. The van der Waals surface area contributed by atoms with Crippen molar-refractivity contribution in [2.45, 2.75) is 38.6 Å². The molecule has 0 bridgehead atoms. The Morgan fingerprint density at radius 3 is 3.00 bits per heavy atom. The maximum Gasteiger partial charge on any atom is 0.249 e. The molecule has 2 aliphatic heterocycles. The average Bonchev–Trinajstić information content (AvgIpc) is 2.44. The van der Waals surface area contributed by atoms with E-state index in [1.54, 1.807) is 0 Å². The standard InChI is InChI=1S/C10H15NO/c1-2-8-7-9-5-3-4-6-11(9)10(8)12/h2,9H,3-7H2,1H3. The third-order valence-corrected chi connectivity index (χ3v) is 2.97. The van der Waals surface area contributed by atoms with Crippen molar-refractivity contribution in [1.29, 1.82) is 0 Å². The van der Waals surface area contributed by atoms with E-state index in [1.807, 2.05) is 13.0 Å². The summed E-state index contributed by atoms with van der Waals surface area (Å²) in [6.45, 7) is 2.95. The fourth-order valence-corrected chi connectivity index (χ4v) is 2.25. The maximum atomic E-state index is 11.6. The van der Waals surface area contributed by atoms with Crippen molar-refractivity contribution in [3.8, 4) is 0 Å². The van der Waals surface area contributed by atoms with Crippen LogP contribution in [0.15, 0.2) is 11.6 Å². The van der Waals surface area contributed by atoms with E-state index < -0.39 is 0 Å². The summed E-state index contributed by atoms with van der Waals surface area (Å²) in [5.41, 5.74) is 1.03. The highest BCUT2D eigenvalue weighted by molar-refractivity contribution is 5.96. The summed E-state index contributed by atoms with van der Waals surface area (Å²) in [5.74, 6) is 0.294. The van der Waals surface area contributed by atoms with Gasteiger partial charge in [-0.2, -0.15) is 0 Å². The minimum absolute atomic E-state index is 0.294. The molecule has 2 aliphatic rings. The summed E-state index contributed by atoms with van der Waals surface area (Å²) < 4.78 is 0. The van der Waals surface area contributed by atoms with Crippen molar-refractivity contribution in [1.82, 2.24) is 4.90 Å². The van der Waals surface area contributed by atoms with E-state index in [-0.39, 0.29) is 0 Å². The Labute approximate surface area is 73.2 Å². The van der Waals surface area contributed by atoms with Gasteiger partial charge in [0, 0.05) is 18.2 Å². The van der Waals surface area contributed by atoms with Gasteiger partial charge in [0.25, 0.3) is 0 Å². The predicted molar refractivity (Wildman–Crippen MR) is 47.7 cm³/mol. The monoisotopic (exact) mass is 165 g/mol. The summed E-state index contributed by atoms with van der Waals surface area (Å²) in [6, 6.07) is 0.539. The molecule has 1 atom stereocenters. The van der Waals surface area contributed by atoms with E-state index in [0.717, 1.165) is 18.5 Å². The molecule has 2 nitrogen and oxygen atoms in total. The van der Waals surface area contributed by atoms with Crippen molar-refractivity contribution in [2.75, 3.05) is 6.54 Å². The molecular weight excluding hydrogens is 150 g/mol. The van der Waals surface area contributed by atoms with Crippen LogP contribution in [-0.2, 0) is 4.79 Å². The van der Waals surface area contributed by atoms with Gasteiger partial charge >= 0.3 is 0 Å². The number of carbonyl (C=O) groups excluding carboxylic acids is 1. The zero-order valence-corrected chi connectivity index (χ0v) is 7.55. The number of rotatable bonds is 0. The first-order chi connectivity index (χ1) is 5.83. The van der Waals surface area contributed by atoms with Gasteiger partial charge in [0.2, 0.25) is 5.91 Å². The van der Waals surface area contributed by atoms with Crippen LogP contribution in [0.3, 0.4) is 0 Å². The van der Waals surface area contributed by atoms with Crippen LogP contribution in [0.2, 0.25) is 0 Å². The molecule has 2 rings (SSSR count). The molecule has 1 amide bonds. The Bertz CT molecular complexity index is 232. The Morgan fingerprint density at radius 2 is 2.33 bits per heavy atom. The molecule has 1 unspecified atom stereocenters. The van der Waals surface area contributed by atoms with Crippen LogP contribution in [0.25, 0.3) is 0 Å². The molecule has 12 heavy (non-hydrogen) atoms. The van der Waals surface area contributed by atoms with Gasteiger partial charge in [0.1, 0.15) is 0 Å². The highest BCUT2D eigenvalue weighted by Crippen LogP contribution is 2.30. The molecule has 0 aliphatic carbocycles. The topological polar surface area (TPSA) is 20.3 Å². The molecule has 2 fully saturated rings. The van der Waals surface area contributed by atoms with Crippen LogP contribution in [0.4, 0.5) is 0 Å². The summed E-state index contributed by atoms with van der Waals surface area (Å²) in [4.78, 5) is 13.7. The predicted octanol–water partition coefficient (Wildman–Crippen LogP) is 1.72. The van der Waals surface area contributed by atoms with Gasteiger partial charge in [-0.05, 0) is 32.6 Å². The van der Waals surface area contributed by atoms with Crippen LogP contribution in [0.5, 0.6) is 0 Å². The van der Waals surface area contributed by atoms with Crippen molar-refractivity contribution in [2.24, 2.45) is 0 Å². The van der Waals surface area contributed by atoms with E-state index >= 15 is 0 Å². The van der Waals surface area contributed by atoms with E-state index in [4.69, 9.17) is 0 Å². The first kappa shape index (κ1) is 7.84. The number of amides is 1. The quantitative estimate of drug-likeness (QED) is 0.500. The van der Waals surface area contributed by atoms with E-state index in [9.17, 15) is 4.79 Å². The number of hydrogen-bond acceptors (Lipinski definition) is 1. The SMILES string of the molecule is CC=C1CC2CCCCN2C1=O. The molecule has 0 spiro atoms. The molecule has 2 heteroatoms. The minimum Gasteiger partial charge on any atom is -0.336 e. The molecule has 0 aromatic carbocycles. The van der Waals surface area contributed by atoms with Crippen molar-refractivity contribution < 1.29 is 4.79 Å². The maximum absolute atomic E-state index is 11.6. The van der Waals surface area contributed by atoms with Crippen LogP contribution in [0.1, 0.15) is 32.6 Å². The Hall–Kier alpha value is -0.790. The number of piperidine rings is 1. The summed E-state index contributed by atoms with van der Waals surface area (Å²) >= 11 is 0. The normalized spacial score (nSPS) is 32.8. The molecule has 2 heterocycles. The first-order valence-corrected chi connectivity index (χ1v) is 4.79. The number of fused-ring (bicyclic) bond motifs is 1. The third kappa shape index (κ3) is 1.06. The van der Waals surface area contributed by atoms with E-state index in [1.165, 1.54) is 19.3 Å². The molecule has 0 radical (unpaired) electrons. The highest BCUT2D eigenvalue weighted by atomic mass is 16.2. The second kappa shape index (κ2) is 2.92. The van der Waals surface area contributed by atoms with E-state index in [2.05, 4.69) is 4.90 Å². The van der Waals surface area contributed by atoms with Crippen LogP contribution < -0.4 is 0 Å². The zero-order valence-electron chi connectivity index (χ0n) is 7.55. The lowest BCUT2D eigenvalue weighted by atomic mass is 10.0. The number of allylic oxidation sites excluding steroid dienone is 1. The van der Waals surface area contributed by atoms with Gasteiger partial charge in [0.15, 0.2) is 0 Å². The summed E-state index contributed by atoms with van der Waals surface area (Å²) in [6.07, 6.45) is 6.67. The summed E-state index contributed by atoms with van der Waals surface area (Å²) in [5, 5.41) is 0.